The molecular weight excluding hydrogens is 298 g/mol. The number of amides is 1. The Morgan fingerprint density at radius 3 is 2.12 bits per heavy atom. The lowest BCUT2D eigenvalue weighted by atomic mass is 10.0. The van der Waals surface area contributed by atoms with E-state index in [1.165, 1.54) is 0 Å². The number of ether oxygens (including phenoxy) is 1. The molecule has 0 saturated heterocycles. The second-order valence-corrected chi connectivity index (χ2v) is 5.53. The summed E-state index contributed by atoms with van der Waals surface area (Å²) in [7, 11) is 0. The van der Waals surface area contributed by atoms with Gasteiger partial charge in [-0.15, -0.1) is 0 Å². The lowest BCUT2D eigenvalue weighted by Gasteiger charge is -2.15. The number of carbonyl (C=O) groups is 1. The van der Waals surface area contributed by atoms with Gasteiger partial charge in [-0.05, 0) is 36.8 Å². The molecule has 0 heterocycles. The van der Waals surface area contributed by atoms with E-state index in [0.717, 1.165) is 11.3 Å². The molecule has 3 rings (SSSR count). The second kappa shape index (κ2) is 7.47. The Morgan fingerprint density at radius 2 is 1.42 bits per heavy atom. The summed E-state index contributed by atoms with van der Waals surface area (Å²) in [5.74, 6) is 1.05. The molecule has 0 aromatic heterocycles. The van der Waals surface area contributed by atoms with E-state index >= 15 is 0 Å². The Labute approximate surface area is 141 Å². The topological polar surface area (TPSA) is 38.3 Å². The van der Waals surface area contributed by atoms with Gasteiger partial charge in [-0.25, -0.2) is 0 Å². The zero-order valence-corrected chi connectivity index (χ0v) is 13.5. The van der Waals surface area contributed by atoms with E-state index in [4.69, 9.17) is 4.74 Å². The van der Waals surface area contributed by atoms with Crippen molar-refractivity contribution < 1.29 is 9.53 Å². The zero-order valence-electron chi connectivity index (χ0n) is 13.5. The Kier molecular flexibility index (Phi) is 4.92. The highest BCUT2D eigenvalue weighted by Gasteiger charge is 2.16. The van der Waals surface area contributed by atoms with Gasteiger partial charge < -0.3 is 10.1 Å². The highest BCUT2D eigenvalue weighted by Crippen LogP contribution is 2.30. The van der Waals surface area contributed by atoms with Crippen molar-refractivity contribution in [3.05, 3.63) is 90.5 Å². The fourth-order valence-electron chi connectivity index (χ4n) is 2.41. The largest absolute Gasteiger partial charge is 0.455 e. The maximum Gasteiger partial charge on any atom is 0.231 e. The van der Waals surface area contributed by atoms with Crippen molar-refractivity contribution >= 4 is 11.6 Å². The standard InChI is InChI=1S/C21H19NO2/c1-16(17-10-4-2-5-11-17)21(23)22-19-14-8-9-15-20(19)24-18-12-6-3-7-13-18/h2-16H,1H3,(H,22,23)/t16-/m1/s1. The van der Waals surface area contributed by atoms with Crippen LogP contribution in [0.15, 0.2) is 84.9 Å². The van der Waals surface area contributed by atoms with Crippen molar-refractivity contribution in [1.29, 1.82) is 0 Å². The van der Waals surface area contributed by atoms with Gasteiger partial charge in [0.15, 0.2) is 5.75 Å². The summed E-state index contributed by atoms with van der Waals surface area (Å²) < 4.78 is 5.88. The summed E-state index contributed by atoms with van der Waals surface area (Å²) in [6.07, 6.45) is 0. The lowest BCUT2D eigenvalue weighted by Crippen LogP contribution is -2.19. The first-order valence-corrected chi connectivity index (χ1v) is 7.92. The van der Waals surface area contributed by atoms with E-state index in [9.17, 15) is 4.79 Å². The van der Waals surface area contributed by atoms with Gasteiger partial charge in [0.05, 0.1) is 11.6 Å². The fourth-order valence-corrected chi connectivity index (χ4v) is 2.41. The van der Waals surface area contributed by atoms with Crippen LogP contribution in [0.1, 0.15) is 18.4 Å². The third-order valence-corrected chi connectivity index (χ3v) is 3.81. The summed E-state index contributed by atoms with van der Waals surface area (Å²) in [5.41, 5.74) is 1.64. The van der Waals surface area contributed by atoms with E-state index in [2.05, 4.69) is 5.32 Å². The molecule has 0 saturated carbocycles. The van der Waals surface area contributed by atoms with Gasteiger partial charge in [-0.3, -0.25) is 4.79 Å². The molecule has 1 N–H and O–H groups in total. The van der Waals surface area contributed by atoms with Crippen LogP contribution in [-0.2, 0) is 4.79 Å². The Balaban J connectivity index is 1.77. The molecular formula is C21H19NO2. The summed E-state index contributed by atoms with van der Waals surface area (Å²) >= 11 is 0. The highest BCUT2D eigenvalue weighted by atomic mass is 16.5. The van der Waals surface area contributed by atoms with Gasteiger partial charge in [0, 0.05) is 0 Å². The Hall–Kier alpha value is -3.07. The molecule has 3 aromatic carbocycles. The average Bonchev–Trinajstić information content (AvgIpc) is 2.64. The summed E-state index contributed by atoms with van der Waals surface area (Å²) in [5, 5.41) is 2.97. The first-order chi connectivity index (χ1) is 11.7. The minimum Gasteiger partial charge on any atom is -0.455 e. The Bertz CT molecular complexity index is 800. The fraction of sp³-hybridized carbons (Fsp3) is 0.0952. The highest BCUT2D eigenvalue weighted by molar-refractivity contribution is 5.96. The predicted molar refractivity (Wildman–Crippen MR) is 96.4 cm³/mol. The van der Waals surface area contributed by atoms with Crippen LogP contribution >= 0.6 is 0 Å². The van der Waals surface area contributed by atoms with Crippen LogP contribution in [0.4, 0.5) is 5.69 Å². The van der Waals surface area contributed by atoms with Crippen LogP contribution in [-0.4, -0.2) is 5.91 Å². The van der Waals surface area contributed by atoms with Gasteiger partial charge in [0.2, 0.25) is 5.91 Å². The van der Waals surface area contributed by atoms with Crippen LogP contribution in [0, 0.1) is 0 Å². The number of benzene rings is 3. The number of anilines is 1. The molecule has 1 amide bonds. The monoisotopic (exact) mass is 317 g/mol. The smallest absolute Gasteiger partial charge is 0.231 e. The molecule has 3 aromatic rings. The maximum absolute atomic E-state index is 12.6. The van der Waals surface area contributed by atoms with Crippen LogP contribution < -0.4 is 10.1 Å². The van der Waals surface area contributed by atoms with Crippen LogP contribution in [0.25, 0.3) is 0 Å². The van der Waals surface area contributed by atoms with Crippen molar-refractivity contribution in [2.75, 3.05) is 5.32 Å². The predicted octanol–water partition coefficient (Wildman–Crippen LogP) is 5.22. The van der Waals surface area contributed by atoms with E-state index in [-0.39, 0.29) is 11.8 Å². The number of hydrogen-bond acceptors (Lipinski definition) is 2. The molecule has 0 aliphatic rings. The molecule has 3 heteroatoms. The molecule has 0 aliphatic heterocycles. The van der Waals surface area contributed by atoms with E-state index in [1.807, 2.05) is 91.9 Å². The second-order valence-electron chi connectivity index (χ2n) is 5.53. The van der Waals surface area contributed by atoms with Gasteiger partial charge in [-0.1, -0.05) is 60.7 Å². The van der Waals surface area contributed by atoms with E-state index in [1.54, 1.807) is 0 Å². The SMILES string of the molecule is C[C@@H](C(=O)Nc1ccccc1Oc1ccccc1)c1ccccc1. The van der Waals surface area contributed by atoms with Crippen LogP contribution in [0.3, 0.4) is 0 Å². The summed E-state index contributed by atoms with van der Waals surface area (Å²) in [6.45, 7) is 1.89. The third-order valence-electron chi connectivity index (χ3n) is 3.81. The molecule has 0 unspecified atom stereocenters. The van der Waals surface area contributed by atoms with Gasteiger partial charge >= 0.3 is 0 Å². The quantitative estimate of drug-likeness (QED) is 0.700. The first kappa shape index (κ1) is 15.8. The zero-order chi connectivity index (χ0) is 16.8. The molecule has 0 aliphatic carbocycles. The molecule has 1 atom stereocenters. The van der Waals surface area contributed by atoms with Crippen molar-refractivity contribution in [1.82, 2.24) is 0 Å². The van der Waals surface area contributed by atoms with Crippen molar-refractivity contribution in [2.24, 2.45) is 0 Å². The minimum absolute atomic E-state index is 0.0645. The molecule has 0 spiro atoms. The number of para-hydroxylation sites is 3. The third kappa shape index (κ3) is 3.82. The lowest BCUT2D eigenvalue weighted by molar-refractivity contribution is -0.117. The molecule has 3 nitrogen and oxygen atoms in total. The normalized spacial score (nSPS) is 11.5. The summed E-state index contributed by atoms with van der Waals surface area (Å²) in [6, 6.07) is 26.7. The van der Waals surface area contributed by atoms with Gasteiger partial charge in [0.25, 0.3) is 0 Å². The number of carbonyl (C=O) groups excluding carboxylic acids is 1. The minimum atomic E-state index is -0.240. The van der Waals surface area contributed by atoms with Crippen LogP contribution in [0.5, 0.6) is 11.5 Å². The molecule has 0 fully saturated rings. The maximum atomic E-state index is 12.6. The first-order valence-electron chi connectivity index (χ1n) is 7.92. The number of hydrogen-bond donors (Lipinski definition) is 1. The molecule has 0 radical (unpaired) electrons. The van der Waals surface area contributed by atoms with E-state index in [0.29, 0.717) is 11.4 Å². The van der Waals surface area contributed by atoms with Gasteiger partial charge in [-0.2, -0.15) is 0 Å². The Morgan fingerprint density at radius 1 is 0.833 bits per heavy atom. The van der Waals surface area contributed by atoms with E-state index < -0.39 is 0 Å². The molecule has 0 bridgehead atoms. The van der Waals surface area contributed by atoms with Crippen molar-refractivity contribution in [3.8, 4) is 11.5 Å². The number of nitrogens with one attached hydrogen (secondary N) is 1. The van der Waals surface area contributed by atoms with Gasteiger partial charge in [0.1, 0.15) is 5.75 Å². The molecule has 120 valence electrons. The van der Waals surface area contributed by atoms with Crippen LogP contribution in [0.2, 0.25) is 0 Å². The van der Waals surface area contributed by atoms with Crippen molar-refractivity contribution in [2.45, 2.75) is 12.8 Å². The molecule has 24 heavy (non-hydrogen) atoms. The van der Waals surface area contributed by atoms with Crippen molar-refractivity contribution in [3.63, 3.8) is 0 Å². The summed E-state index contributed by atoms with van der Waals surface area (Å²) in [4.78, 5) is 12.6. The average molecular weight is 317 g/mol. The number of rotatable bonds is 5.